The molecule has 0 aliphatic rings. The van der Waals surface area contributed by atoms with Crippen molar-refractivity contribution in [3.05, 3.63) is 12.1 Å². The first-order chi connectivity index (χ1) is 7.18. The highest BCUT2D eigenvalue weighted by Crippen LogP contribution is 2.27. The zero-order valence-electron chi connectivity index (χ0n) is 11.0. The molecule has 0 saturated heterocycles. The van der Waals surface area contributed by atoms with Crippen molar-refractivity contribution in [2.75, 3.05) is 42.3 Å². The van der Waals surface area contributed by atoms with Crippen LogP contribution in [0.15, 0.2) is 12.1 Å². The Morgan fingerprint density at radius 1 is 0.688 bits per heavy atom. The molecule has 0 aliphatic heterocycles. The topological polar surface area (TPSA) is 31.6 Å². The van der Waals surface area contributed by atoms with Gasteiger partial charge in [0.15, 0.2) is 0 Å². The summed E-state index contributed by atoms with van der Waals surface area (Å²) in [6.45, 7) is 0. The van der Waals surface area contributed by atoms with E-state index in [2.05, 4.69) is 64.4 Å². The van der Waals surface area contributed by atoms with Crippen LogP contribution in [0.4, 0.5) is 11.6 Å². The number of quaternary nitrogens is 2. The van der Waals surface area contributed by atoms with Crippen LogP contribution in [0.5, 0.6) is 0 Å². The number of hydrogen-bond donors (Lipinski definition) is 2. The molecule has 0 saturated carbocycles. The van der Waals surface area contributed by atoms with E-state index in [0.29, 0.717) is 0 Å². The van der Waals surface area contributed by atoms with Crippen LogP contribution in [0.3, 0.4) is 0 Å². The van der Waals surface area contributed by atoms with Crippen LogP contribution in [0.1, 0.15) is 0 Å². The molecular formula is C12H22N4+2. The summed E-state index contributed by atoms with van der Waals surface area (Å²) in [5.74, 6) is 2.43. The standard InChI is InChI=1S/C12H22N4/c1-15(2,3)11-7-9-10(13-11)8-12(14-9)16(4,5)6/h7-8,13-14H,1-6H3/q+2. The van der Waals surface area contributed by atoms with Gasteiger partial charge in [0.1, 0.15) is 0 Å². The molecule has 0 spiro atoms. The molecule has 0 amide bonds. The summed E-state index contributed by atoms with van der Waals surface area (Å²) < 4.78 is 1.62. The average molecular weight is 222 g/mol. The van der Waals surface area contributed by atoms with Crippen LogP contribution >= 0.6 is 0 Å². The molecule has 16 heavy (non-hydrogen) atoms. The van der Waals surface area contributed by atoms with Gasteiger partial charge in [-0.05, 0) is 0 Å². The Hall–Kier alpha value is -1.26. The Morgan fingerprint density at radius 3 is 1.25 bits per heavy atom. The van der Waals surface area contributed by atoms with Crippen LogP contribution in [0.25, 0.3) is 11.0 Å². The zero-order valence-corrected chi connectivity index (χ0v) is 11.0. The number of rotatable bonds is 2. The Balaban J connectivity index is 2.49. The van der Waals surface area contributed by atoms with E-state index in [1.54, 1.807) is 0 Å². The number of nitrogens with one attached hydrogen (secondary N) is 2. The fourth-order valence-electron chi connectivity index (χ4n) is 1.71. The molecular weight excluding hydrogens is 200 g/mol. The summed E-state index contributed by atoms with van der Waals surface area (Å²) in [7, 11) is 12.9. The van der Waals surface area contributed by atoms with E-state index < -0.39 is 0 Å². The van der Waals surface area contributed by atoms with E-state index in [1.165, 1.54) is 22.7 Å². The minimum Gasteiger partial charge on any atom is -0.309 e. The van der Waals surface area contributed by atoms with E-state index >= 15 is 0 Å². The normalized spacial score (nSPS) is 13.6. The van der Waals surface area contributed by atoms with Gasteiger partial charge in [0.05, 0.1) is 53.3 Å². The second kappa shape index (κ2) is 3.12. The average Bonchev–Trinajstić information content (AvgIpc) is 2.53. The molecule has 2 aromatic rings. The molecule has 0 bridgehead atoms. The minimum absolute atomic E-state index is 0.808. The zero-order chi connectivity index (χ0) is 12.1. The lowest BCUT2D eigenvalue weighted by molar-refractivity contribution is 0.473. The van der Waals surface area contributed by atoms with Crippen molar-refractivity contribution in [3.63, 3.8) is 0 Å². The maximum atomic E-state index is 3.46. The lowest BCUT2D eigenvalue weighted by atomic mass is 10.4. The molecule has 0 aromatic carbocycles. The molecule has 4 heteroatoms. The molecule has 88 valence electrons. The molecule has 0 radical (unpaired) electrons. The van der Waals surface area contributed by atoms with Gasteiger partial charge in [-0.25, -0.2) is 0 Å². The maximum Gasteiger partial charge on any atom is 0.207 e. The van der Waals surface area contributed by atoms with Crippen molar-refractivity contribution in [3.8, 4) is 0 Å². The van der Waals surface area contributed by atoms with Gasteiger partial charge in [-0.2, -0.15) is 0 Å². The van der Waals surface area contributed by atoms with Gasteiger partial charge in [0.25, 0.3) is 0 Å². The van der Waals surface area contributed by atoms with Crippen molar-refractivity contribution >= 4 is 22.7 Å². The first-order valence-electron chi connectivity index (χ1n) is 5.54. The van der Waals surface area contributed by atoms with Gasteiger partial charge < -0.3 is 9.97 Å². The molecule has 4 nitrogen and oxygen atoms in total. The van der Waals surface area contributed by atoms with Crippen LogP contribution in [0, 0.1) is 0 Å². The highest BCUT2D eigenvalue weighted by Gasteiger charge is 2.20. The number of hydrogen-bond acceptors (Lipinski definition) is 0. The van der Waals surface area contributed by atoms with Crippen LogP contribution in [0.2, 0.25) is 0 Å². The second-order valence-corrected chi connectivity index (χ2v) is 6.16. The van der Waals surface area contributed by atoms with Crippen molar-refractivity contribution in [1.82, 2.24) is 18.9 Å². The third-order valence-electron chi connectivity index (χ3n) is 2.82. The smallest absolute Gasteiger partial charge is 0.207 e. The van der Waals surface area contributed by atoms with Crippen molar-refractivity contribution in [2.24, 2.45) is 0 Å². The summed E-state index contributed by atoms with van der Waals surface area (Å²) >= 11 is 0. The lowest BCUT2D eigenvalue weighted by Crippen LogP contribution is -2.35. The highest BCUT2D eigenvalue weighted by molar-refractivity contribution is 5.84. The van der Waals surface area contributed by atoms with Gasteiger partial charge in [0, 0.05) is 12.1 Å². The number of nitrogens with zero attached hydrogens (tertiary/aromatic N) is 2. The monoisotopic (exact) mass is 222 g/mol. The van der Waals surface area contributed by atoms with Crippen molar-refractivity contribution in [2.45, 2.75) is 0 Å². The summed E-state index contributed by atoms with van der Waals surface area (Å²) in [5, 5.41) is 0. The molecule has 0 aliphatic carbocycles. The molecule has 0 atom stereocenters. The first-order valence-corrected chi connectivity index (χ1v) is 5.54. The van der Waals surface area contributed by atoms with E-state index in [0.717, 1.165) is 8.97 Å². The molecule has 2 aromatic heterocycles. The fraction of sp³-hybridized carbons (Fsp3) is 0.500. The summed E-state index contributed by atoms with van der Waals surface area (Å²) in [5.41, 5.74) is 2.37. The predicted molar refractivity (Wildman–Crippen MR) is 71.8 cm³/mol. The van der Waals surface area contributed by atoms with Crippen LogP contribution in [-0.4, -0.2) is 52.3 Å². The van der Waals surface area contributed by atoms with Gasteiger partial charge in [-0.15, -0.1) is 0 Å². The predicted octanol–water partition coefficient (Wildman–Crippen LogP) is 1.89. The lowest BCUT2D eigenvalue weighted by Gasteiger charge is -2.21. The van der Waals surface area contributed by atoms with E-state index in [9.17, 15) is 0 Å². The largest absolute Gasteiger partial charge is 0.309 e. The van der Waals surface area contributed by atoms with Gasteiger partial charge in [-0.1, -0.05) is 0 Å². The number of aromatic nitrogens is 2. The third-order valence-corrected chi connectivity index (χ3v) is 2.82. The van der Waals surface area contributed by atoms with Gasteiger partial charge in [-0.3, -0.25) is 8.97 Å². The van der Waals surface area contributed by atoms with Crippen LogP contribution in [-0.2, 0) is 0 Å². The second-order valence-electron chi connectivity index (χ2n) is 6.16. The number of aromatic amines is 2. The van der Waals surface area contributed by atoms with Crippen LogP contribution < -0.4 is 8.97 Å². The van der Waals surface area contributed by atoms with E-state index in [1.807, 2.05) is 0 Å². The molecule has 2 rings (SSSR count). The summed E-state index contributed by atoms with van der Waals surface area (Å²) in [6, 6.07) is 4.38. The molecule has 0 fully saturated rings. The van der Waals surface area contributed by atoms with Crippen molar-refractivity contribution in [1.29, 1.82) is 0 Å². The SMILES string of the molecule is C[N+](C)(C)c1cc2[nH]c([N+](C)(C)C)cc2[nH]1. The fourth-order valence-corrected chi connectivity index (χ4v) is 1.71. The summed E-state index contributed by atoms with van der Waals surface area (Å²) in [6.07, 6.45) is 0. The highest BCUT2D eigenvalue weighted by atomic mass is 15.3. The van der Waals surface area contributed by atoms with Crippen molar-refractivity contribution < 1.29 is 0 Å². The quantitative estimate of drug-likeness (QED) is 0.727. The van der Waals surface area contributed by atoms with E-state index in [-0.39, 0.29) is 0 Å². The maximum absolute atomic E-state index is 3.46. The Labute approximate surface area is 96.7 Å². The molecule has 2 N–H and O–H groups in total. The molecule has 0 unspecified atom stereocenters. The Kier molecular flexibility index (Phi) is 2.19. The van der Waals surface area contributed by atoms with E-state index in [4.69, 9.17) is 0 Å². The Bertz CT molecular complexity index is 430. The third kappa shape index (κ3) is 1.86. The van der Waals surface area contributed by atoms with Gasteiger partial charge >= 0.3 is 0 Å². The van der Waals surface area contributed by atoms with Gasteiger partial charge in [0.2, 0.25) is 11.6 Å². The number of fused-ring (bicyclic) bond motifs is 1. The Morgan fingerprint density at radius 2 is 1.00 bits per heavy atom. The minimum atomic E-state index is 0.808. The number of H-pyrrole nitrogens is 2. The molecule has 2 heterocycles. The summed E-state index contributed by atoms with van der Waals surface area (Å²) in [4.78, 5) is 6.92. The first kappa shape index (κ1) is 11.2.